The highest BCUT2D eigenvalue weighted by atomic mass is 16.3. The van der Waals surface area contributed by atoms with Gasteiger partial charge in [-0.3, -0.25) is 4.79 Å². The number of anilines is 2. The van der Waals surface area contributed by atoms with E-state index in [4.69, 9.17) is 0 Å². The quantitative estimate of drug-likeness (QED) is 0.712. The third-order valence-corrected chi connectivity index (χ3v) is 2.41. The minimum Gasteiger partial charge on any atom is -0.324 e. The van der Waals surface area contributed by atoms with E-state index >= 15 is 0 Å². The number of carbonyl (C=O) groups excluding carboxylic acids is 1. The summed E-state index contributed by atoms with van der Waals surface area (Å²) in [6, 6.07) is 6.91. The topological polar surface area (TPSA) is 61.8 Å². The third-order valence-electron chi connectivity index (χ3n) is 2.41. The molecule has 15 heavy (non-hydrogen) atoms. The van der Waals surface area contributed by atoms with Crippen molar-refractivity contribution in [1.82, 2.24) is 0 Å². The first-order valence-electron chi connectivity index (χ1n) is 4.74. The predicted octanol–water partition coefficient (Wildman–Crippen LogP) is 1.91. The maximum absolute atomic E-state index is 11.4. The molecular formula is C10H11N3O2. The minimum atomic E-state index is -0.217. The fourth-order valence-electron chi connectivity index (χ4n) is 1.70. The molecule has 1 aliphatic rings. The fraction of sp³-hybridized carbons (Fsp3) is 0.300. The second-order valence-electron chi connectivity index (χ2n) is 3.54. The maximum atomic E-state index is 11.4. The standard InChI is InChI=1S/C10H11N3O2/c1-7-6-10(14)11-8-4-2-3-5-9(8)13(7)12-15/h2-5,7H,6H2,1H3,(H,11,14). The van der Waals surface area contributed by atoms with E-state index in [-0.39, 0.29) is 18.4 Å². The molecule has 1 unspecified atom stereocenters. The number of nitrogens with one attached hydrogen (secondary N) is 1. The summed E-state index contributed by atoms with van der Waals surface area (Å²) in [5.74, 6) is -0.0962. The van der Waals surface area contributed by atoms with Crippen molar-refractivity contribution >= 4 is 17.3 Å². The van der Waals surface area contributed by atoms with Gasteiger partial charge in [-0.05, 0) is 19.1 Å². The van der Waals surface area contributed by atoms with Gasteiger partial charge in [-0.25, -0.2) is 5.01 Å². The molecule has 0 aliphatic carbocycles. The number of hydrogen-bond acceptors (Lipinski definition) is 3. The number of benzene rings is 1. The number of hydrogen-bond donors (Lipinski definition) is 1. The van der Waals surface area contributed by atoms with Crippen LogP contribution >= 0.6 is 0 Å². The van der Waals surface area contributed by atoms with Gasteiger partial charge >= 0.3 is 0 Å². The number of nitroso groups, excluding NO2 is 1. The van der Waals surface area contributed by atoms with Gasteiger partial charge in [0.1, 0.15) is 0 Å². The molecule has 1 N–H and O–H groups in total. The Morgan fingerprint density at radius 3 is 2.93 bits per heavy atom. The fourth-order valence-corrected chi connectivity index (χ4v) is 1.70. The highest BCUT2D eigenvalue weighted by Crippen LogP contribution is 2.30. The molecule has 0 bridgehead atoms. The number of nitrogens with zero attached hydrogens (tertiary/aromatic N) is 2. The summed E-state index contributed by atoms with van der Waals surface area (Å²) in [5.41, 5.74) is 1.28. The summed E-state index contributed by atoms with van der Waals surface area (Å²) in [4.78, 5) is 22.2. The number of fused-ring (bicyclic) bond motifs is 1. The van der Waals surface area contributed by atoms with Crippen molar-refractivity contribution in [2.24, 2.45) is 5.29 Å². The molecular weight excluding hydrogens is 194 g/mol. The van der Waals surface area contributed by atoms with E-state index in [1.165, 1.54) is 5.01 Å². The Bertz CT molecular complexity index is 405. The summed E-state index contributed by atoms with van der Waals surface area (Å²) in [6.07, 6.45) is 0.264. The third kappa shape index (κ3) is 1.68. The zero-order chi connectivity index (χ0) is 10.8. The van der Waals surface area contributed by atoms with Crippen LogP contribution in [0.5, 0.6) is 0 Å². The van der Waals surface area contributed by atoms with E-state index in [0.29, 0.717) is 11.4 Å². The number of rotatable bonds is 1. The van der Waals surface area contributed by atoms with Crippen LogP contribution in [-0.2, 0) is 4.79 Å². The minimum absolute atomic E-state index is 0.0962. The molecule has 1 amide bonds. The lowest BCUT2D eigenvalue weighted by atomic mass is 10.2. The predicted molar refractivity (Wildman–Crippen MR) is 57.4 cm³/mol. The summed E-state index contributed by atoms with van der Waals surface area (Å²) in [5, 5.41) is 7.02. The van der Waals surface area contributed by atoms with Crippen molar-refractivity contribution < 1.29 is 4.79 Å². The van der Waals surface area contributed by atoms with Gasteiger partial charge in [-0.1, -0.05) is 12.1 Å². The summed E-state index contributed by atoms with van der Waals surface area (Å²) in [6.45, 7) is 1.79. The molecule has 5 nitrogen and oxygen atoms in total. The molecule has 78 valence electrons. The molecule has 2 rings (SSSR count). The molecule has 1 aliphatic heterocycles. The Morgan fingerprint density at radius 1 is 1.47 bits per heavy atom. The first kappa shape index (κ1) is 9.64. The van der Waals surface area contributed by atoms with E-state index in [1.54, 1.807) is 31.2 Å². The normalized spacial score (nSPS) is 20.2. The van der Waals surface area contributed by atoms with Crippen molar-refractivity contribution in [3.05, 3.63) is 29.2 Å². The van der Waals surface area contributed by atoms with E-state index in [2.05, 4.69) is 10.6 Å². The maximum Gasteiger partial charge on any atom is 0.226 e. The van der Waals surface area contributed by atoms with Crippen LogP contribution in [0.2, 0.25) is 0 Å². The Kier molecular flexibility index (Phi) is 2.37. The van der Waals surface area contributed by atoms with Crippen molar-refractivity contribution in [2.45, 2.75) is 19.4 Å². The van der Waals surface area contributed by atoms with Gasteiger partial charge in [-0.15, -0.1) is 4.91 Å². The van der Waals surface area contributed by atoms with Gasteiger partial charge in [0.25, 0.3) is 0 Å². The van der Waals surface area contributed by atoms with Crippen molar-refractivity contribution in [3.8, 4) is 0 Å². The van der Waals surface area contributed by atoms with Gasteiger partial charge in [-0.2, -0.15) is 0 Å². The van der Waals surface area contributed by atoms with Crippen LogP contribution in [0.3, 0.4) is 0 Å². The van der Waals surface area contributed by atoms with Gasteiger partial charge in [0.05, 0.1) is 22.7 Å². The van der Waals surface area contributed by atoms with E-state index in [1.807, 2.05) is 0 Å². The molecule has 0 saturated heterocycles. The molecule has 1 aromatic carbocycles. The molecule has 5 heteroatoms. The second kappa shape index (κ2) is 3.68. The second-order valence-corrected chi connectivity index (χ2v) is 3.54. The molecule has 0 saturated carbocycles. The molecule has 0 spiro atoms. The molecule has 0 aromatic heterocycles. The lowest BCUT2D eigenvalue weighted by molar-refractivity contribution is -0.116. The molecule has 0 radical (unpaired) electrons. The molecule has 0 fully saturated rings. The average Bonchev–Trinajstić information content (AvgIpc) is 2.32. The largest absolute Gasteiger partial charge is 0.324 e. The first-order valence-corrected chi connectivity index (χ1v) is 4.74. The van der Waals surface area contributed by atoms with Crippen LogP contribution in [0.1, 0.15) is 13.3 Å². The summed E-state index contributed by atoms with van der Waals surface area (Å²) in [7, 11) is 0. The smallest absolute Gasteiger partial charge is 0.226 e. The summed E-state index contributed by atoms with van der Waals surface area (Å²) < 4.78 is 0. The van der Waals surface area contributed by atoms with E-state index < -0.39 is 0 Å². The van der Waals surface area contributed by atoms with Crippen molar-refractivity contribution in [1.29, 1.82) is 0 Å². The summed E-state index contributed by atoms with van der Waals surface area (Å²) >= 11 is 0. The highest BCUT2D eigenvalue weighted by molar-refractivity contribution is 5.96. The van der Waals surface area contributed by atoms with Crippen LogP contribution in [0.25, 0.3) is 0 Å². The van der Waals surface area contributed by atoms with Crippen LogP contribution in [-0.4, -0.2) is 11.9 Å². The van der Waals surface area contributed by atoms with Crippen LogP contribution in [0, 0.1) is 4.91 Å². The van der Waals surface area contributed by atoms with Crippen LogP contribution < -0.4 is 10.3 Å². The van der Waals surface area contributed by atoms with E-state index in [9.17, 15) is 9.70 Å². The van der Waals surface area contributed by atoms with Crippen molar-refractivity contribution in [3.63, 3.8) is 0 Å². The molecule has 1 heterocycles. The number of para-hydroxylation sites is 2. The Balaban J connectivity index is 2.50. The zero-order valence-corrected chi connectivity index (χ0v) is 8.30. The Labute approximate surface area is 87.0 Å². The van der Waals surface area contributed by atoms with Gasteiger partial charge in [0.15, 0.2) is 0 Å². The van der Waals surface area contributed by atoms with E-state index in [0.717, 1.165) is 0 Å². The number of amides is 1. The van der Waals surface area contributed by atoms with Gasteiger partial charge < -0.3 is 5.32 Å². The average molecular weight is 205 g/mol. The van der Waals surface area contributed by atoms with Gasteiger partial charge in [0.2, 0.25) is 5.91 Å². The lowest BCUT2D eigenvalue weighted by Crippen LogP contribution is -2.28. The van der Waals surface area contributed by atoms with Crippen LogP contribution in [0.4, 0.5) is 11.4 Å². The lowest BCUT2D eigenvalue weighted by Gasteiger charge is -2.20. The first-order chi connectivity index (χ1) is 7.22. The zero-order valence-electron chi connectivity index (χ0n) is 8.30. The monoisotopic (exact) mass is 205 g/mol. The molecule has 1 atom stereocenters. The Hall–Kier alpha value is -1.91. The molecule has 1 aromatic rings. The highest BCUT2D eigenvalue weighted by Gasteiger charge is 2.25. The SMILES string of the molecule is CC1CC(=O)Nc2ccccc2N1N=O. The Morgan fingerprint density at radius 2 is 2.20 bits per heavy atom. The number of carbonyl (C=O) groups is 1. The van der Waals surface area contributed by atoms with Crippen molar-refractivity contribution in [2.75, 3.05) is 10.3 Å². The van der Waals surface area contributed by atoms with Gasteiger partial charge in [0, 0.05) is 6.42 Å². The van der Waals surface area contributed by atoms with Crippen LogP contribution in [0.15, 0.2) is 29.6 Å².